The number of sulfonamides is 1. The molecule has 0 saturated carbocycles. The van der Waals surface area contributed by atoms with Gasteiger partial charge in [-0.2, -0.15) is 4.31 Å². The van der Waals surface area contributed by atoms with Crippen LogP contribution in [0.5, 0.6) is 0 Å². The number of hydrogen-bond acceptors (Lipinski definition) is 3. The van der Waals surface area contributed by atoms with Crippen molar-refractivity contribution in [3.63, 3.8) is 0 Å². The Morgan fingerprint density at radius 1 is 1.07 bits per heavy atom. The first-order chi connectivity index (χ1) is 13.3. The number of benzene rings is 2. The highest BCUT2D eigenvalue weighted by Gasteiger charge is 2.24. The van der Waals surface area contributed by atoms with Gasteiger partial charge < -0.3 is 5.32 Å². The third-order valence-corrected chi connectivity index (χ3v) is 7.35. The van der Waals surface area contributed by atoms with Crippen molar-refractivity contribution >= 4 is 31.9 Å². The molecule has 1 N–H and O–H groups in total. The summed E-state index contributed by atoms with van der Waals surface area (Å²) in [5.41, 5.74) is 1.34. The maximum absolute atomic E-state index is 13.0. The third-order valence-electron chi connectivity index (χ3n) is 4.61. The molecule has 2 aromatic carbocycles. The minimum absolute atomic E-state index is 0.122. The van der Waals surface area contributed by atoms with Crippen LogP contribution in [0.1, 0.15) is 55.6 Å². The fourth-order valence-electron chi connectivity index (χ4n) is 3.08. The molecule has 2 rings (SSSR count). The van der Waals surface area contributed by atoms with Crippen LogP contribution in [0, 0.1) is 0 Å². The van der Waals surface area contributed by atoms with Gasteiger partial charge in [0.1, 0.15) is 0 Å². The molecule has 0 spiro atoms. The van der Waals surface area contributed by atoms with E-state index < -0.39 is 10.0 Å². The van der Waals surface area contributed by atoms with Crippen LogP contribution in [0.3, 0.4) is 0 Å². The second-order valence-electron chi connectivity index (χ2n) is 6.46. The lowest BCUT2D eigenvalue weighted by Gasteiger charge is -2.21. The van der Waals surface area contributed by atoms with Gasteiger partial charge in [-0.3, -0.25) is 4.79 Å². The number of nitrogens with zero attached hydrogens (tertiary/aromatic N) is 1. The number of carbonyl (C=O) groups is 1. The molecule has 0 radical (unpaired) electrons. The Hall–Kier alpha value is -1.70. The molecule has 7 heteroatoms. The fraction of sp³-hybridized carbons (Fsp3) is 0.381. The van der Waals surface area contributed by atoms with Gasteiger partial charge in [-0.1, -0.05) is 57.5 Å². The second-order valence-corrected chi connectivity index (χ2v) is 9.25. The lowest BCUT2D eigenvalue weighted by atomic mass is 10.0. The van der Waals surface area contributed by atoms with E-state index in [4.69, 9.17) is 0 Å². The van der Waals surface area contributed by atoms with Crippen LogP contribution in [0.4, 0.5) is 0 Å². The maximum Gasteiger partial charge on any atom is 0.252 e. The monoisotopic (exact) mass is 466 g/mol. The maximum atomic E-state index is 13.0. The van der Waals surface area contributed by atoms with E-state index in [9.17, 15) is 13.2 Å². The fourth-order valence-corrected chi connectivity index (χ4v) is 5.00. The molecule has 0 fully saturated rings. The van der Waals surface area contributed by atoms with Gasteiger partial charge in [-0.15, -0.1) is 0 Å². The van der Waals surface area contributed by atoms with E-state index in [1.807, 2.05) is 30.3 Å². The predicted octanol–water partition coefficient (Wildman–Crippen LogP) is 4.75. The highest BCUT2D eigenvalue weighted by atomic mass is 79.9. The summed E-state index contributed by atoms with van der Waals surface area (Å²) in [5, 5.41) is 3.05. The normalized spacial score (nSPS) is 12.8. The van der Waals surface area contributed by atoms with Gasteiger partial charge in [0.15, 0.2) is 0 Å². The summed E-state index contributed by atoms with van der Waals surface area (Å²) in [5.74, 6) is -0.300. The van der Waals surface area contributed by atoms with Gasteiger partial charge in [0.2, 0.25) is 10.0 Å². The van der Waals surface area contributed by atoms with Crippen LogP contribution in [0.2, 0.25) is 0 Å². The van der Waals surface area contributed by atoms with Crippen LogP contribution >= 0.6 is 15.9 Å². The van der Waals surface area contributed by atoms with Crippen molar-refractivity contribution < 1.29 is 13.2 Å². The molecule has 0 aliphatic carbocycles. The summed E-state index contributed by atoms with van der Waals surface area (Å²) in [4.78, 5) is 13.1. The Labute approximate surface area is 176 Å². The van der Waals surface area contributed by atoms with E-state index in [1.54, 1.807) is 19.9 Å². The van der Waals surface area contributed by atoms with Crippen molar-refractivity contribution in [1.29, 1.82) is 0 Å². The van der Waals surface area contributed by atoms with Gasteiger partial charge in [0.25, 0.3) is 5.91 Å². The van der Waals surface area contributed by atoms with Crippen molar-refractivity contribution in [3.05, 3.63) is 64.1 Å². The van der Waals surface area contributed by atoms with Crippen LogP contribution in [0.15, 0.2) is 57.9 Å². The Morgan fingerprint density at radius 3 is 2.29 bits per heavy atom. The highest BCUT2D eigenvalue weighted by Crippen LogP contribution is 2.25. The third kappa shape index (κ3) is 5.21. The average Bonchev–Trinajstić information content (AvgIpc) is 2.69. The summed E-state index contributed by atoms with van der Waals surface area (Å²) in [6.45, 7) is 6.41. The van der Waals surface area contributed by atoms with Crippen molar-refractivity contribution in [3.8, 4) is 0 Å². The zero-order valence-corrected chi connectivity index (χ0v) is 18.9. The van der Waals surface area contributed by atoms with E-state index in [0.29, 0.717) is 23.1 Å². The predicted molar refractivity (Wildman–Crippen MR) is 116 cm³/mol. The van der Waals surface area contributed by atoms with Crippen molar-refractivity contribution in [2.45, 2.75) is 44.6 Å². The van der Waals surface area contributed by atoms with Crippen molar-refractivity contribution in [1.82, 2.24) is 9.62 Å². The zero-order valence-electron chi connectivity index (χ0n) is 16.5. The Kier molecular flexibility index (Phi) is 8.22. The molecule has 1 amide bonds. The molecule has 0 bridgehead atoms. The molecule has 28 heavy (non-hydrogen) atoms. The van der Waals surface area contributed by atoms with E-state index in [1.165, 1.54) is 16.4 Å². The summed E-state index contributed by atoms with van der Waals surface area (Å²) in [6.07, 6.45) is 1.71. The molecule has 152 valence electrons. The van der Waals surface area contributed by atoms with Crippen LogP contribution in [-0.2, 0) is 10.0 Å². The van der Waals surface area contributed by atoms with E-state index in [-0.39, 0.29) is 16.8 Å². The second kappa shape index (κ2) is 10.2. The smallest absolute Gasteiger partial charge is 0.252 e. The Morgan fingerprint density at radius 2 is 1.71 bits per heavy atom. The number of halogens is 1. The molecule has 1 unspecified atom stereocenters. The molecular formula is C21H27BrN2O3S. The summed E-state index contributed by atoms with van der Waals surface area (Å²) >= 11 is 3.38. The molecular weight excluding hydrogens is 440 g/mol. The van der Waals surface area contributed by atoms with Gasteiger partial charge >= 0.3 is 0 Å². The number of amides is 1. The largest absolute Gasteiger partial charge is 0.345 e. The lowest BCUT2D eigenvalue weighted by molar-refractivity contribution is 0.0933. The molecule has 5 nitrogen and oxygen atoms in total. The molecule has 2 aromatic rings. The Bertz CT molecular complexity index is 897. The molecule has 0 aliphatic rings. The topological polar surface area (TPSA) is 66.5 Å². The number of nitrogens with one attached hydrogen (secondary N) is 1. The summed E-state index contributed by atoms with van der Waals surface area (Å²) in [6, 6.07) is 14.2. The van der Waals surface area contributed by atoms with Crippen molar-refractivity contribution in [2.24, 2.45) is 0 Å². The summed E-state index contributed by atoms with van der Waals surface area (Å²) < 4.78 is 27.5. The number of rotatable bonds is 9. The van der Waals surface area contributed by atoms with E-state index in [0.717, 1.165) is 18.4 Å². The lowest BCUT2D eigenvalue weighted by Crippen LogP contribution is -2.31. The minimum atomic E-state index is -3.63. The first-order valence-electron chi connectivity index (χ1n) is 9.50. The van der Waals surface area contributed by atoms with Gasteiger partial charge in [0.05, 0.1) is 16.5 Å². The van der Waals surface area contributed by atoms with E-state index in [2.05, 4.69) is 28.2 Å². The Balaban J connectivity index is 2.35. The SMILES string of the molecule is CCCC(NC(=O)c1cc(S(=O)(=O)N(CC)CC)ccc1Br)c1ccccc1. The number of hydrogen-bond donors (Lipinski definition) is 1. The quantitative estimate of drug-likeness (QED) is 0.579. The average molecular weight is 467 g/mol. The first kappa shape index (κ1) is 22.6. The van der Waals surface area contributed by atoms with Crippen LogP contribution < -0.4 is 5.32 Å². The number of carbonyl (C=O) groups excluding carboxylic acids is 1. The van der Waals surface area contributed by atoms with Gasteiger partial charge in [-0.25, -0.2) is 8.42 Å². The van der Waals surface area contributed by atoms with Gasteiger partial charge in [-0.05, 0) is 46.1 Å². The standard InChI is InChI=1S/C21H27BrN2O3S/c1-4-10-20(16-11-8-7-9-12-16)23-21(25)18-15-17(13-14-19(18)22)28(26,27)24(5-2)6-3/h7-9,11-15,20H,4-6,10H2,1-3H3,(H,23,25). The highest BCUT2D eigenvalue weighted by molar-refractivity contribution is 9.10. The first-order valence-corrected chi connectivity index (χ1v) is 11.7. The summed E-state index contributed by atoms with van der Waals surface area (Å²) in [7, 11) is -3.63. The van der Waals surface area contributed by atoms with E-state index >= 15 is 0 Å². The molecule has 0 saturated heterocycles. The molecule has 0 aliphatic heterocycles. The van der Waals surface area contributed by atoms with Crippen molar-refractivity contribution in [2.75, 3.05) is 13.1 Å². The van der Waals surface area contributed by atoms with Crippen LogP contribution in [-0.4, -0.2) is 31.7 Å². The molecule has 1 atom stereocenters. The molecule has 0 aromatic heterocycles. The van der Waals surface area contributed by atoms with Crippen LogP contribution in [0.25, 0.3) is 0 Å². The van der Waals surface area contributed by atoms with Gasteiger partial charge in [0, 0.05) is 17.6 Å². The minimum Gasteiger partial charge on any atom is -0.345 e. The zero-order chi connectivity index (χ0) is 20.7. The molecule has 0 heterocycles.